The Morgan fingerprint density at radius 1 is 1.14 bits per heavy atom. The smallest absolute Gasteiger partial charge is 0.416 e. The molecule has 21 heavy (non-hydrogen) atoms. The summed E-state index contributed by atoms with van der Waals surface area (Å²) in [7, 11) is 0. The quantitative estimate of drug-likeness (QED) is 0.856. The Labute approximate surface area is 125 Å². The molecule has 1 saturated heterocycles. The molecule has 112 valence electrons. The van der Waals surface area contributed by atoms with Crippen molar-refractivity contribution in [3.63, 3.8) is 0 Å². The summed E-state index contributed by atoms with van der Waals surface area (Å²) in [5.74, 6) is 0.487. The third-order valence-electron chi connectivity index (χ3n) is 4.64. The van der Waals surface area contributed by atoms with Crippen LogP contribution >= 0.6 is 0 Å². The highest BCUT2D eigenvalue weighted by molar-refractivity contribution is 5.95. The van der Waals surface area contributed by atoms with Crippen molar-refractivity contribution in [2.24, 2.45) is 11.8 Å². The Morgan fingerprint density at radius 3 is 2.57 bits per heavy atom. The zero-order valence-corrected chi connectivity index (χ0v) is 12.2. The van der Waals surface area contributed by atoms with E-state index in [9.17, 15) is 9.59 Å². The van der Waals surface area contributed by atoms with Crippen LogP contribution in [0.4, 0.5) is 4.79 Å². The number of imide groups is 1. The van der Waals surface area contributed by atoms with E-state index in [1.807, 2.05) is 30.3 Å². The standard InChI is InChI=1S/C17H21NO3/c19-16-15(14-8-4-5-9-14)10-11-18(16)17(20)21-12-13-6-2-1-3-7-13/h1-3,6-7,14-15H,4-5,8-12H2. The summed E-state index contributed by atoms with van der Waals surface area (Å²) in [5, 5.41) is 0. The summed E-state index contributed by atoms with van der Waals surface area (Å²) in [6, 6.07) is 9.53. The number of carbonyl (C=O) groups excluding carboxylic acids is 2. The average molecular weight is 287 g/mol. The number of likely N-dealkylation sites (tertiary alicyclic amines) is 1. The highest BCUT2D eigenvalue weighted by atomic mass is 16.6. The molecule has 0 aromatic heterocycles. The molecule has 1 aromatic rings. The van der Waals surface area contributed by atoms with Gasteiger partial charge in [0.05, 0.1) is 0 Å². The van der Waals surface area contributed by atoms with Crippen molar-refractivity contribution in [3.05, 3.63) is 35.9 Å². The molecule has 0 spiro atoms. The minimum absolute atomic E-state index is 0.0278. The number of carbonyl (C=O) groups is 2. The number of amides is 2. The summed E-state index contributed by atoms with van der Waals surface area (Å²) in [6.45, 7) is 0.727. The van der Waals surface area contributed by atoms with Crippen molar-refractivity contribution < 1.29 is 14.3 Å². The second-order valence-corrected chi connectivity index (χ2v) is 5.97. The molecule has 2 fully saturated rings. The number of hydrogen-bond donors (Lipinski definition) is 0. The van der Waals surface area contributed by atoms with Crippen molar-refractivity contribution in [1.82, 2.24) is 4.90 Å². The van der Waals surface area contributed by atoms with Crippen LogP contribution in [0.5, 0.6) is 0 Å². The first-order valence-corrected chi connectivity index (χ1v) is 7.78. The van der Waals surface area contributed by atoms with Crippen LogP contribution < -0.4 is 0 Å². The van der Waals surface area contributed by atoms with Crippen molar-refractivity contribution in [1.29, 1.82) is 0 Å². The molecule has 1 aliphatic carbocycles. The van der Waals surface area contributed by atoms with Gasteiger partial charge >= 0.3 is 6.09 Å². The summed E-state index contributed by atoms with van der Waals surface area (Å²) in [4.78, 5) is 25.7. The van der Waals surface area contributed by atoms with Gasteiger partial charge in [0.1, 0.15) is 6.61 Å². The third kappa shape index (κ3) is 3.09. The lowest BCUT2D eigenvalue weighted by molar-refractivity contribution is -0.130. The zero-order chi connectivity index (χ0) is 14.7. The van der Waals surface area contributed by atoms with Crippen molar-refractivity contribution >= 4 is 12.0 Å². The van der Waals surface area contributed by atoms with Gasteiger partial charge in [-0.2, -0.15) is 0 Å². The van der Waals surface area contributed by atoms with Gasteiger partial charge in [-0.05, 0) is 30.7 Å². The number of ether oxygens (including phenoxy) is 1. The topological polar surface area (TPSA) is 46.6 Å². The summed E-state index contributed by atoms with van der Waals surface area (Å²) >= 11 is 0. The monoisotopic (exact) mass is 287 g/mol. The zero-order valence-electron chi connectivity index (χ0n) is 12.2. The second kappa shape index (κ2) is 6.29. The van der Waals surface area contributed by atoms with Crippen LogP contribution in [0.15, 0.2) is 30.3 Å². The minimum atomic E-state index is -0.496. The maximum atomic E-state index is 12.4. The van der Waals surface area contributed by atoms with E-state index in [0.29, 0.717) is 12.5 Å². The molecule has 1 heterocycles. The lowest BCUT2D eigenvalue weighted by atomic mass is 9.90. The van der Waals surface area contributed by atoms with E-state index in [1.165, 1.54) is 17.7 Å². The van der Waals surface area contributed by atoms with E-state index < -0.39 is 6.09 Å². The molecule has 1 unspecified atom stereocenters. The fourth-order valence-corrected chi connectivity index (χ4v) is 3.48. The van der Waals surface area contributed by atoms with Crippen molar-refractivity contribution in [2.75, 3.05) is 6.54 Å². The Balaban J connectivity index is 1.54. The molecule has 1 aromatic carbocycles. The molecule has 1 aliphatic heterocycles. The first-order valence-electron chi connectivity index (χ1n) is 7.78. The van der Waals surface area contributed by atoms with Crippen LogP contribution in [0.3, 0.4) is 0 Å². The molecule has 4 heteroatoms. The van der Waals surface area contributed by atoms with Crippen molar-refractivity contribution in [2.45, 2.75) is 38.7 Å². The van der Waals surface area contributed by atoms with Gasteiger partial charge in [0.25, 0.3) is 0 Å². The molecule has 2 aliphatic rings. The van der Waals surface area contributed by atoms with Crippen LogP contribution in [0, 0.1) is 11.8 Å². The molecule has 4 nitrogen and oxygen atoms in total. The summed E-state index contributed by atoms with van der Waals surface area (Å²) in [5.41, 5.74) is 0.935. The van der Waals surface area contributed by atoms with Crippen LogP contribution in [0.2, 0.25) is 0 Å². The van der Waals surface area contributed by atoms with Crippen LogP contribution in [-0.2, 0) is 16.1 Å². The first-order chi connectivity index (χ1) is 10.3. The van der Waals surface area contributed by atoms with Gasteiger partial charge in [0.15, 0.2) is 0 Å². The van der Waals surface area contributed by atoms with Gasteiger partial charge in [-0.3, -0.25) is 4.79 Å². The molecule has 0 N–H and O–H groups in total. The lowest BCUT2D eigenvalue weighted by Gasteiger charge is -2.18. The Bertz CT molecular complexity index is 508. The van der Waals surface area contributed by atoms with Gasteiger partial charge < -0.3 is 4.74 Å². The van der Waals surface area contributed by atoms with Gasteiger partial charge in [-0.25, -0.2) is 9.69 Å². The van der Waals surface area contributed by atoms with Gasteiger partial charge in [0, 0.05) is 12.5 Å². The van der Waals surface area contributed by atoms with E-state index in [-0.39, 0.29) is 18.4 Å². The summed E-state index contributed by atoms with van der Waals surface area (Å²) < 4.78 is 5.26. The van der Waals surface area contributed by atoms with Gasteiger partial charge in [-0.15, -0.1) is 0 Å². The maximum absolute atomic E-state index is 12.4. The second-order valence-electron chi connectivity index (χ2n) is 5.97. The molecule has 0 radical (unpaired) electrons. The van der Waals surface area contributed by atoms with Crippen LogP contribution in [-0.4, -0.2) is 23.4 Å². The number of benzene rings is 1. The average Bonchev–Trinajstić information content (AvgIpc) is 3.15. The van der Waals surface area contributed by atoms with Crippen LogP contribution in [0.25, 0.3) is 0 Å². The SMILES string of the molecule is O=C(OCc1ccccc1)N1CCC(C2CCCC2)C1=O. The normalized spacial score (nSPS) is 22.8. The van der Waals surface area contributed by atoms with E-state index in [4.69, 9.17) is 4.74 Å². The number of nitrogens with zero attached hydrogens (tertiary/aromatic N) is 1. The summed E-state index contributed by atoms with van der Waals surface area (Å²) in [6.07, 6.45) is 4.99. The highest BCUT2D eigenvalue weighted by Crippen LogP contribution is 2.37. The van der Waals surface area contributed by atoms with Crippen molar-refractivity contribution in [3.8, 4) is 0 Å². The first kappa shape index (κ1) is 14.1. The predicted molar refractivity (Wildman–Crippen MR) is 78.4 cm³/mol. The largest absolute Gasteiger partial charge is 0.444 e. The highest BCUT2D eigenvalue weighted by Gasteiger charge is 2.41. The predicted octanol–water partition coefficient (Wildman–Crippen LogP) is 3.36. The minimum Gasteiger partial charge on any atom is -0.444 e. The third-order valence-corrected chi connectivity index (χ3v) is 4.64. The number of rotatable bonds is 3. The van der Waals surface area contributed by atoms with Crippen LogP contribution in [0.1, 0.15) is 37.7 Å². The fraction of sp³-hybridized carbons (Fsp3) is 0.529. The fourth-order valence-electron chi connectivity index (χ4n) is 3.48. The van der Waals surface area contributed by atoms with E-state index in [1.54, 1.807) is 0 Å². The maximum Gasteiger partial charge on any atom is 0.416 e. The number of hydrogen-bond acceptors (Lipinski definition) is 3. The Morgan fingerprint density at radius 2 is 1.86 bits per heavy atom. The molecular weight excluding hydrogens is 266 g/mol. The van der Waals surface area contributed by atoms with Gasteiger partial charge in [0.2, 0.25) is 5.91 Å². The van der Waals surface area contributed by atoms with Gasteiger partial charge in [-0.1, -0.05) is 43.2 Å². The van der Waals surface area contributed by atoms with E-state index >= 15 is 0 Å². The molecule has 1 atom stereocenters. The Kier molecular flexibility index (Phi) is 4.23. The van der Waals surface area contributed by atoms with E-state index in [2.05, 4.69) is 0 Å². The molecule has 1 saturated carbocycles. The Hall–Kier alpha value is -1.84. The van der Waals surface area contributed by atoms with E-state index in [0.717, 1.165) is 24.8 Å². The molecule has 3 rings (SSSR count). The molecular formula is C17H21NO3. The lowest BCUT2D eigenvalue weighted by Crippen LogP contribution is -2.35. The molecule has 0 bridgehead atoms. The molecule has 2 amide bonds.